The summed E-state index contributed by atoms with van der Waals surface area (Å²) < 4.78 is 22.9. The second kappa shape index (κ2) is 57.3. The Bertz CT molecular complexity index is 1940. The highest BCUT2D eigenvalue weighted by atomic mass is 16.7. The molecule has 0 saturated carbocycles. The van der Waals surface area contributed by atoms with Crippen LogP contribution in [0.15, 0.2) is 122 Å². The summed E-state index contributed by atoms with van der Waals surface area (Å²) in [6, 6.07) is -0.846. The Morgan fingerprint density at radius 1 is 0.420 bits per heavy atom. The van der Waals surface area contributed by atoms with Crippen LogP contribution in [0.3, 0.4) is 0 Å². The summed E-state index contributed by atoms with van der Waals surface area (Å²) in [6.45, 7) is 2.74. The van der Waals surface area contributed by atoms with Crippen LogP contribution in [0.25, 0.3) is 0 Å². The molecular weight excluding hydrogens is 1110 g/mol. The van der Waals surface area contributed by atoms with Crippen molar-refractivity contribution in [1.82, 2.24) is 5.32 Å². The van der Waals surface area contributed by atoms with E-state index in [1.807, 2.05) is 0 Å². The van der Waals surface area contributed by atoms with E-state index in [4.69, 9.17) is 18.9 Å². The molecule has 0 radical (unpaired) electrons. The van der Waals surface area contributed by atoms with Gasteiger partial charge in [0.05, 0.1) is 32.0 Å². The zero-order chi connectivity index (χ0) is 63.8. The molecule has 88 heavy (non-hydrogen) atoms. The van der Waals surface area contributed by atoms with E-state index in [-0.39, 0.29) is 18.9 Å². The number of aliphatic hydroxyl groups is 8. The van der Waals surface area contributed by atoms with Gasteiger partial charge >= 0.3 is 0 Å². The highest BCUT2D eigenvalue weighted by Gasteiger charge is 2.51. The molecule has 14 heteroatoms. The van der Waals surface area contributed by atoms with Crippen molar-refractivity contribution in [2.24, 2.45) is 0 Å². The molecule has 0 aromatic rings. The molecule has 0 aromatic heterocycles. The quantitative estimate of drug-likeness (QED) is 0.0204. The maximum atomic E-state index is 13.3. The van der Waals surface area contributed by atoms with Crippen molar-refractivity contribution in [3.05, 3.63) is 122 Å². The SMILES string of the molecule is CC/C=C\C/C=C\C/C=C\C/C=C\C/C=C\C/C=C\C/C=C\C/C=C\C/C=C\C/C=C\CCCCCCCCC(=O)NC(COC1OC(CO)C(OC2OC(CO)C(O)C(O)C2O)C(O)C1O)C(O)CCCCCCCCCCCCCCCCCCC. The highest BCUT2D eigenvalue weighted by Crippen LogP contribution is 2.30. The molecule has 1 amide bonds. The Morgan fingerprint density at radius 3 is 1.20 bits per heavy atom. The van der Waals surface area contributed by atoms with E-state index in [9.17, 15) is 45.6 Å². The van der Waals surface area contributed by atoms with Gasteiger partial charge in [-0.15, -0.1) is 0 Å². The summed E-state index contributed by atoms with van der Waals surface area (Å²) in [5, 5.41) is 87.5. The number of aliphatic hydroxyl groups excluding tert-OH is 8. The maximum absolute atomic E-state index is 13.3. The van der Waals surface area contributed by atoms with E-state index in [2.05, 4.69) is 141 Å². The minimum atomic E-state index is -1.79. The number of unbranched alkanes of at least 4 members (excludes halogenated alkanes) is 22. The van der Waals surface area contributed by atoms with Gasteiger partial charge in [-0.1, -0.05) is 270 Å². The molecule has 2 rings (SSSR count). The lowest BCUT2D eigenvalue weighted by molar-refractivity contribution is -0.359. The van der Waals surface area contributed by atoms with Crippen LogP contribution in [-0.4, -0.2) is 140 Å². The van der Waals surface area contributed by atoms with Crippen LogP contribution in [0.4, 0.5) is 0 Å². The molecule has 12 atom stereocenters. The highest BCUT2D eigenvalue weighted by molar-refractivity contribution is 5.76. The number of carbonyl (C=O) groups is 1. The van der Waals surface area contributed by atoms with E-state index in [0.29, 0.717) is 12.8 Å². The van der Waals surface area contributed by atoms with Gasteiger partial charge in [0, 0.05) is 6.42 Å². The largest absolute Gasteiger partial charge is 0.394 e. The van der Waals surface area contributed by atoms with Gasteiger partial charge in [-0.2, -0.15) is 0 Å². The standard InChI is InChI=1S/C74H125NO13/c1-3-5-7-9-11-13-15-17-19-21-22-23-24-25-26-27-28-29-30-31-32-33-34-35-36-37-38-39-40-42-44-46-48-50-52-54-56-58-66(79)75-62(63(78)57-55-53-51-49-47-45-43-41-20-18-16-14-12-10-8-6-4-2)61-85-73-71(84)69(82)72(65(60-77)87-73)88-74-70(83)68(81)67(80)64(59-76)86-74/h5,7,11,13,17,19,22-23,25-26,28-29,31-32,34-35,37-38,40,42,62-65,67-74,76-78,80-84H,3-4,6,8-10,12,14-16,18,20-21,24,27,30,33,36,39,41,43-61H2,1-2H3,(H,75,79)/b7-5-,13-11-,19-17-,23-22-,26-25-,29-28-,32-31-,35-34-,38-37-,42-40-. The Hall–Kier alpha value is -3.61. The zero-order valence-electron chi connectivity index (χ0n) is 54.7. The molecule has 0 aromatic carbocycles. The van der Waals surface area contributed by atoms with Crippen LogP contribution >= 0.6 is 0 Å². The molecule has 0 spiro atoms. The van der Waals surface area contributed by atoms with Crippen LogP contribution < -0.4 is 5.32 Å². The monoisotopic (exact) mass is 1240 g/mol. The summed E-state index contributed by atoms with van der Waals surface area (Å²) in [7, 11) is 0. The van der Waals surface area contributed by atoms with Crippen molar-refractivity contribution in [3.8, 4) is 0 Å². The molecule has 0 aliphatic carbocycles. The van der Waals surface area contributed by atoms with E-state index in [1.165, 1.54) is 83.5 Å². The summed E-state index contributed by atoms with van der Waals surface area (Å²) in [6.07, 6.45) is 66.3. The molecule has 2 heterocycles. The molecule has 2 aliphatic heterocycles. The number of hydrogen-bond donors (Lipinski definition) is 9. The molecular formula is C74H125NO13. The van der Waals surface area contributed by atoms with E-state index >= 15 is 0 Å². The van der Waals surface area contributed by atoms with Gasteiger partial charge in [0.2, 0.25) is 5.91 Å². The van der Waals surface area contributed by atoms with Crippen LogP contribution in [0.2, 0.25) is 0 Å². The summed E-state index contributed by atoms with van der Waals surface area (Å²) in [5.74, 6) is -0.225. The van der Waals surface area contributed by atoms with E-state index in [1.54, 1.807) is 0 Å². The smallest absolute Gasteiger partial charge is 0.220 e. The normalized spacial score (nSPS) is 23.9. The van der Waals surface area contributed by atoms with Crippen molar-refractivity contribution in [2.75, 3.05) is 19.8 Å². The van der Waals surface area contributed by atoms with Gasteiger partial charge in [-0.05, 0) is 89.9 Å². The van der Waals surface area contributed by atoms with Gasteiger partial charge in [0.25, 0.3) is 0 Å². The van der Waals surface area contributed by atoms with E-state index < -0.39 is 86.8 Å². The second-order valence-corrected chi connectivity index (χ2v) is 23.9. The Labute approximate surface area is 533 Å². The number of rotatable bonds is 55. The molecule has 2 aliphatic rings. The number of carbonyl (C=O) groups excluding carboxylic acids is 1. The minimum Gasteiger partial charge on any atom is -0.394 e. The molecule has 2 saturated heterocycles. The lowest BCUT2D eigenvalue weighted by atomic mass is 9.97. The first-order chi connectivity index (χ1) is 43.1. The molecule has 0 bridgehead atoms. The fourth-order valence-corrected chi connectivity index (χ4v) is 10.7. The molecule has 9 N–H and O–H groups in total. The topological polar surface area (TPSA) is 228 Å². The summed E-state index contributed by atoms with van der Waals surface area (Å²) in [4.78, 5) is 13.3. The van der Waals surface area contributed by atoms with Crippen molar-refractivity contribution in [2.45, 2.75) is 319 Å². The first kappa shape index (κ1) is 80.5. The number of ether oxygens (including phenoxy) is 4. The number of hydrogen-bond acceptors (Lipinski definition) is 13. The maximum Gasteiger partial charge on any atom is 0.220 e. The summed E-state index contributed by atoms with van der Waals surface area (Å²) >= 11 is 0. The number of allylic oxidation sites excluding steroid dienone is 20. The number of amides is 1. The first-order valence-corrected chi connectivity index (χ1v) is 34.8. The average Bonchev–Trinajstić information content (AvgIpc) is 2.07. The molecule has 12 unspecified atom stereocenters. The van der Waals surface area contributed by atoms with Gasteiger partial charge < -0.3 is 65.1 Å². The van der Waals surface area contributed by atoms with Crippen molar-refractivity contribution >= 4 is 5.91 Å². The van der Waals surface area contributed by atoms with Crippen molar-refractivity contribution in [3.63, 3.8) is 0 Å². The van der Waals surface area contributed by atoms with Gasteiger partial charge in [-0.3, -0.25) is 4.79 Å². The van der Waals surface area contributed by atoms with Crippen molar-refractivity contribution in [1.29, 1.82) is 0 Å². The Kier molecular flexibility index (Phi) is 52.4. The van der Waals surface area contributed by atoms with Crippen LogP contribution in [0, 0.1) is 0 Å². The van der Waals surface area contributed by atoms with Crippen molar-refractivity contribution < 1.29 is 64.6 Å². The third-order valence-corrected chi connectivity index (χ3v) is 16.2. The Morgan fingerprint density at radius 2 is 0.784 bits per heavy atom. The third-order valence-electron chi connectivity index (χ3n) is 16.2. The molecule has 2 fully saturated rings. The fraction of sp³-hybridized carbons (Fsp3) is 0.716. The van der Waals surface area contributed by atoms with Gasteiger partial charge in [0.1, 0.15) is 48.8 Å². The number of nitrogens with one attached hydrogen (secondary N) is 1. The van der Waals surface area contributed by atoms with Crippen LogP contribution in [-0.2, 0) is 23.7 Å². The zero-order valence-corrected chi connectivity index (χ0v) is 54.7. The van der Waals surface area contributed by atoms with Crippen LogP contribution in [0.1, 0.15) is 245 Å². The van der Waals surface area contributed by atoms with Gasteiger partial charge in [0.15, 0.2) is 12.6 Å². The van der Waals surface area contributed by atoms with Gasteiger partial charge in [-0.25, -0.2) is 0 Å². The summed E-state index contributed by atoms with van der Waals surface area (Å²) in [5.41, 5.74) is 0. The second-order valence-electron chi connectivity index (χ2n) is 23.9. The third kappa shape index (κ3) is 41.0. The molecule has 504 valence electrons. The predicted molar refractivity (Wildman–Crippen MR) is 359 cm³/mol. The van der Waals surface area contributed by atoms with Crippen LogP contribution in [0.5, 0.6) is 0 Å². The first-order valence-electron chi connectivity index (χ1n) is 34.8. The fourth-order valence-electron chi connectivity index (χ4n) is 10.7. The van der Waals surface area contributed by atoms with E-state index in [0.717, 1.165) is 128 Å². The predicted octanol–water partition coefficient (Wildman–Crippen LogP) is 14.1. The Balaban J connectivity index is 1.66. The average molecular weight is 1240 g/mol. The lowest BCUT2D eigenvalue weighted by Gasteiger charge is -2.46. The lowest BCUT2D eigenvalue weighted by Crippen LogP contribution is -2.65. The molecule has 14 nitrogen and oxygen atoms in total. The minimum absolute atomic E-state index is 0.225.